The van der Waals surface area contributed by atoms with Crippen molar-refractivity contribution < 1.29 is 81.2 Å². The summed E-state index contributed by atoms with van der Waals surface area (Å²) in [6, 6.07) is -6.06. The second-order valence-corrected chi connectivity index (χ2v) is 10.6. The molecule has 0 heterocycles. The third-order valence-corrected chi connectivity index (χ3v) is 5.91. The second-order valence-electron chi connectivity index (χ2n) is 10.6. The third-order valence-electron chi connectivity index (χ3n) is 5.91. The minimum absolute atomic E-state index is 0.230. The Bertz CT molecular complexity index is 1270. The van der Waals surface area contributed by atoms with Crippen LogP contribution in [0.2, 0.25) is 0 Å². The van der Waals surface area contributed by atoms with E-state index in [0.717, 1.165) is 27.7 Å². The van der Waals surface area contributed by atoms with Gasteiger partial charge in [0.2, 0.25) is 44.0 Å². The van der Waals surface area contributed by atoms with Crippen LogP contribution in [0.25, 0.3) is 0 Å². The zero-order valence-electron chi connectivity index (χ0n) is 28.4. The van der Waals surface area contributed by atoms with Crippen LogP contribution in [0.5, 0.6) is 0 Å². The van der Waals surface area contributed by atoms with Gasteiger partial charge in [-0.3, -0.25) is 47.9 Å². The van der Waals surface area contributed by atoms with Crippen molar-refractivity contribution in [2.75, 3.05) is 20.4 Å². The molecule has 0 saturated heterocycles. The molecule has 0 spiro atoms. The molecule has 0 aromatic carbocycles. The molecule has 0 radical (unpaired) electrons. The maximum Gasteiger partial charge on any atom is 0.311 e. The first-order valence-electron chi connectivity index (χ1n) is 14.9. The lowest BCUT2D eigenvalue weighted by Crippen LogP contribution is -2.58. The first-order valence-corrected chi connectivity index (χ1v) is 14.9. The number of carbonyl (C=O) groups excluding carboxylic acids is 11. The zero-order chi connectivity index (χ0) is 38.4. The van der Waals surface area contributed by atoms with Crippen LogP contribution in [0.4, 0.5) is 0 Å². The number of aldehydes is 1. The minimum Gasteiger partial charge on any atom is -0.428 e. The van der Waals surface area contributed by atoms with Gasteiger partial charge in [-0.2, -0.15) is 0 Å². The summed E-state index contributed by atoms with van der Waals surface area (Å²) in [6.07, 6.45) is -2.22. The van der Waals surface area contributed by atoms with E-state index in [9.17, 15) is 52.7 Å². The molecule has 0 bridgehead atoms. The van der Waals surface area contributed by atoms with Crippen molar-refractivity contribution in [3.05, 3.63) is 0 Å². The summed E-state index contributed by atoms with van der Waals surface area (Å²) in [7, 11) is 0. The van der Waals surface area contributed by atoms with E-state index in [2.05, 4.69) is 40.2 Å². The summed E-state index contributed by atoms with van der Waals surface area (Å²) >= 11 is 0. The predicted octanol–water partition coefficient (Wildman–Crippen LogP) is -2.45. The van der Waals surface area contributed by atoms with Crippen molar-refractivity contribution in [3.63, 3.8) is 0 Å². The van der Waals surface area contributed by atoms with Crippen molar-refractivity contribution in [2.45, 2.75) is 91.4 Å². The largest absolute Gasteiger partial charge is 0.428 e. The molecule has 0 aliphatic rings. The fourth-order valence-electron chi connectivity index (χ4n) is 3.52. The van der Waals surface area contributed by atoms with Crippen LogP contribution < -0.4 is 21.3 Å². The number of amides is 4. The van der Waals surface area contributed by atoms with Crippen molar-refractivity contribution in [3.8, 4) is 0 Å². The van der Waals surface area contributed by atoms with Crippen LogP contribution >= 0.6 is 0 Å². The van der Waals surface area contributed by atoms with Gasteiger partial charge >= 0.3 is 35.8 Å². The highest BCUT2D eigenvalue weighted by molar-refractivity contribution is 5.96. The summed E-state index contributed by atoms with van der Waals surface area (Å²) in [5.41, 5.74) is 0. The van der Waals surface area contributed by atoms with Crippen LogP contribution in [-0.4, -0.2) is 110 Å². The highest BCUT2D eigenvalue weighted by atomic mass is 16.7. The van der Waals surface area contributed by atoms with Crippen LogP contribution in [0, 0.1) is 5.92 Å². The van der Waals surface area contributed by atoms with Crippen molar-refractivity contribution >= 4 is 65.7 Å². The molecule has 0 aromatic heterocycles. The second kappa shape index (κ2) is 23.7. The molecular formula is C29H42N4O17. The number of hydrogen-bond donors (Lipinski definition) is 4. The maximum atomic E-state index is 13.5. The van der Waals surface area contributed by atoms with E-state index in [1.807, 2.05) is 0 Å². The lowest BCUT2D eigenvalue weighted by atomic mass is 10.0. The summed E-state index contributed by atoms with van der Waals surface area (Å²) in [6.45, 7) is 5.03. The van der Waals surface area contributed by atoms with E-state index in [1.54, 1.807) is 0 Å². The van der Waals surface area contributed by atoms with Gasteiger partial charge in [0.1, 0.15) is 24.4 Å². The van der Waals surface area contributed by atoms with E-state index in [-0.39, 0.29) is 6.29 Å². The lowest BCUT2D eigenvalue weighted by Gasteiger charge is -2.27. The molecular weight excluding hydrogens is 676 g/mol. The molecule has 0 aliphatic heterocycles. The van der Waals surface area contributed by atoms with E-state index < -0.39 is 136 Å². The molecule has 280 valence electrons. The summed E-state index contributed by atoms with van der Waals surface area (Å²) in [5, 5.41) is 9.14. The monoisotopic (exact) mass is 718 g/mol. The molecule has 4 amide bonds. The van der Waals surface area contributed by atoms with Crippen molar-refractivity contribution in [1.29, 1.82) is 0 Å². The Kier molecular flexibility index (Phi) is 21.0. The van der Waals surface area contributed by atoms with Gasteiger partial charge in [-0.15, -0.1) is 0 Å². The molecule has 0 aliphatic carbocycles. The SMILES string of the molecule is CC(=O)NC(CC(=O)OCOC(C)=O)C(=O)NC(CCC(=O)OCOC(C)=O)C(=O)NC(C(=O)NC(C=O)CC(=O)OCOC(C)=O)C(C)C. The number of hydrogen-bond acceptors (Lipinski definition) is 17. The molecule has 21 nitrogen and oxygen atoms in total. The number of esters is 6. The highest BCUT2D eigenvalue weighted by Gasteiger charge is 2.33. The van der Waals surface area contributed by atoms with E-state index >= 15 is 0 Å². The molecule has 4 N–H and O–H groups in total. The average molecular weight is 719 g/mol. The van der Waals surface area contributed by atoms with Gasteiger partial charge in [0, 0.05) is 34.1 Å². The summed E-state index contributed by atoms with van der Waals surface area (Å²) in [4.78, 5) is 132. The predicted molar refractivity (Wildman–Crippen MR) is 161 cm³/mol. The Balaban J connectivity index is 5.94. The van der Waals surface area contributed by atoms with Crippen molar-refractivity contribution in [1.82, 2.24) is 21.3 Å². The van der Waals surface area contributed by atoms with E-state index in [1.165, 1.54) is 13.8 Å². The fraction of sp³-hybridized carbons (Fsp3) is 0.621. The molecule has 0 fully saturated rings. The Morgan fingerprint density at radius 2 is 1.00 bits per heavy atom. The average Bonchev–Trinajstić information content (AvgIpc) is 2.99. The standard InChI is InChI=1S/C29H42N4O17/c1-15(2)26(29(44)31-20(11-34)9-24(40)49-13-46-18(5)37)33-27(42)21(7-8-23(39)48-12-45-17(4)36)32-28(43)22(30-16(3)35)10-25(41)50-14-47-19(6)38/h11,15,20-22,26H,7-10,12-14H2,1-6H3,(H,30,35)(H,31,44)(H,32,43)(H,33,42). The minimum atomic E-state index is -1.62. The van der Waals surface area contributed by atoms with Gasteiger partial charge < -0.3 is 54.5 Å². The summed E-state index contributed by atoms with van der Waals surface area (Å²) < 4.78 is 27.5. The number of nitrogens with one attached hydrogen (secondary N) is 4. The smallest absolute Gasteiger partial charge is 0.311 e. The quantitative estimate of drug-likeness (QED) is 0.0391. The number of carbonyl (C=O) groups is 11. The zero-order valence-corrected chi connectivity index (χ0v) is 28.4. The van der Waals surface area contributed by atoms with Gasteiger partial charge in [-0.05, 0) is 12.3 Å². The maximum absolute atomic E-state index is 13.5. The first-order chi connectivity index (χ1) is 23.4. The van der Waals surface area contributed by atoms with Gasteiger partial charge in [0.25, 0.3) is 0 Å². The Morgan fingerprint density at radius 1 is 0.540 bits per heavy atom. The first kappa shape index (κ1) is 44.4. The Hall–Kier alpha value is -5.63. The Labute approximate surface area is 286 Å². The van der Waals surface area contributed by atoms with E-state index in [4.69, 9.17) is 9.47 Å². The number of rotatable bonds is 22. The van der Waals surface area contributed by atoms with E-state index in [0.29, 0.717) is 0 Å². The lowest BCUT2D eigenvalue weighted by molar-refractivity contribution is -0.168. The fourth-order valence-corrected chi connectivity index (χ4v) is 3.52. The molecule has 21 heteroatoms. The normalized spacial score (nSPS) is 12.7. The molecule has 4 unspecified atom stereocenters. The molecule has 0 rings (SSSR count). The van der Waals surface area contributed by atoms with Gasteiger partial charge in [0.15, 0.2) is 0 Å². The van der Waals surface area contributed by atoms with Crippen molar-refractivity contribution in [2.24, 2.45) is 5.92 Å². The summed E-state index contributed by atoms with van der Waals surface area (Å²) in [5.74, 6) is -9.77. The third kappa shape index (κ3) is 20.6. The molecule has 50 heavy (non-hydrogen) atoms. The van der Waals surface area contributed by atoms with Gasteiger partial charge in [-0.25, -0.2) is 0 Å². The highest BCUT2D eigenvalue weighted by Crippen LogP contribution is 2.08. The molecule has 0 saturated carbocycles. The van der Waals surface area contributed by atoms with Gasteiger partial charge in [0.05, 0.1) is 18.9 Å². The van der Waals surface area contributed by atoms with Crippen LogP contribution in [0.1, 0.15) is 67.2 Å². The molecule has 0 aromatic rings. The Morgan fingerprint density at radius 3 is 1.44 bits per heavy atom. The topological polar surface area (TPSA) is 291 Å². The van der Waals surface area contributed by atoms with Gasteiger partial charge in [-0.1, -0.05) is 13.8 Å². The van der Waals surface area contributed by atoms with Crippen LogP contribution in [0.15, 0.2) is 0 Å². The van der Waals surface area contributed by atoms with Crippen LogP contribution in [0.3, 0.4) is 0 Å². The molecule has 4 atom stereocenters. The number of ether oxygens (including phenoxy) is 6. The van der Waals surface area contributed by atoms with Crippen LogP contribution in [-0.2, 0) is 81.2 Å².